The molecule has 0 bridgehead atoms. The second kappa shape index (κ2) is 12.0. The first-order valence-corrected chi connectivity index (χ1v) is 17.2. The second-order valence-corrected chi connectivity index (χ2v) is 14.1. The summed E-state index contributed by atoms with van der Waals surface area (Å²) in [5.74, 6) is -4.50. The Bertz CT molecular complexity index is 2160. The van der Waals surface area contributed by atoms with E-state index < -0.39 is 35.0 Å². The number of imide groups is 1. The van der Waals surface area contributed by atoms with Gasteiger partial charge in [0.25, 0.3) is 0 Å². The summed E-state index contributed by atoms with van der Waals surface area (Å²) in [5, 5.41) is 12.0. The van der Waals surface area contributed by atoms with Gasteiger partial charge in [0, 0.05) is 28.0 Å². The summed E-state index contributed by atoms with van der Waals surface area (Å²) in [6.07, 6.45) is 3.87. The number of methoxy groups -OCH3 is 1. The van der Waals surface area contributed by atoms with E-state index in [1.54, 1.807) is 30.3 Å². The fourth-order valence-corrected chi connectivity index (χ4v) is 9.26. The van der Waals surface area contributed by atoms with E-state index in [0.717, 1.165) is 11.1 Å². The molecule has 3 aliphatic carbocycles. The third kappa shape index (κ3) is 4.56. The van der Waals surface area contributed by atoms with Crippen LogP contribution in [-0.4, -0.2) is 35.6 Å². The largest absolute Gasteiger partial charge is 0.508 e. The molecule has 1 aliphatic heterocycles. The lowest BCUT2D eigenvalue weighted by molar-refractivity contribution is -0.135. The Morgan fingerprint density at radius 1 is 0.860 bits per heavy atom. The van der Waals surface area contributed by atoms with Crippen LogP contribution in [0.1, 0.15) is 41.0 Å². The maximum Gasteiger partial charge on any atom is 0.238 e. The van der Waals surface area contributed by atoms with Gasteiger partial charge in [-0.15, -0.1) is 0 Å². The van der Waals surface area contributed by atoms with Gasteiger partial charge in [0.2, 0.25) is 11.8 Å². The summed E-state index contributed by atoms with van der Waals surface area (Å²) >= 11 is 6.45. The highest BCUT2D eigenvalue weighted by atomic mass is 35.5. The molecule has 250 valence electrons. The molecular formula is C42H34ClNO6. The van der Waals surface area contributed by atoms with Gasteiger partial charge < -0.3 is 9.84 Å². The van der Waals surface area contributed by atoms with E-state index in [4.69, 9.17) is 16.3 Å². The normalized spacial score (nSPS) is 27.3. The van der Waals surface area contributed by atoms with Crippen LogP contribution in [-0.2, 0) is 24.6 Å². The average Bonchev–Trinajstić information content (AvgIpc) is 3.40. The molecule has 0 spiro atoms. The van der Waals surface area contributed by atoms with Gasteiger partial charge >= 0.3 is 0 Å². The smallest absolute Gasteiger partial charge is 0.238 e. The van der Waals surface area contributed by atoms with E-state index in [1.165, 1.54) is 24.2 Å². The zero-order valence-corrected chi connectivity index (χ0v) is 28.3. The van der Waals surface area contributed by atoms with Crippen molar-refractivity contribution in [2.45, 2.75) is 31.1 Å². The van der Waals surface area contributed by atoms with E-state index in [1.807, 2.05) is 73.7 Å². The number of ether oxygens (including phenoxy) is 1. The zero-order chi connectivity index (χ0) is 34.9. The summed E-state index contributed by atoms with van der Waals surface area (Å²) in [6.45, 7) is 1.85. The van der Waals surface area contributed by atoms with Gasteiger partial charge in [0.15, 0.2) is 11.6 Å². The van der Waals surface area contributed by atoms with E-state index in [9.17, 15) is 14.7 Å². The Labute approximate surface area is 294 Å². The van der Waals surface area contributed by atoms with Crippen molar-refractivity contribution in [3.63, 3.8) is 0 Å². The number of phenols is 1. The van der Waals surface area contributed by atoms with Gasteiger partial charge in [-0.2, -0.15) is 0 Å². The number of benzene rings is 4. The number of aryl methyl sites for hydroxylation is 1. The van der Waals surface area contributed by atoms with Crippen LogP contribution in [0.5, 0.6) is 11.5 Å². The summed E-state index contributed by atoms with van der Waals surface area (Å²) in [5.41, 5.74) is 2.54. The minimum Gasteiger partial charge on any atom is -0.508 e. The third-order valence-corrected chi connectivity index (χ3v) is 11.7. The first kappa shape index (κ1) is 32.0. The highest BCUT2D eigenvalue weighted by Crippen LogP contribution is 2.64. The number of phenolic OH excluding ortho intramolecular Hbond substituents is 1. The minimum absolute atomic E-state index is 0.0589. The average molecular weight is 684 g/mol. The van der Waals surface area contributed by atoms with Gasteiger partial charge in [0.1, 0.15) is 11.5 Å². The number of fused-ring (bicyclic) bond motifs is 4. The van der Waals surface area contributed by atoms with Crippen LogP contribution in [0.4, 0.5) is 5.69 Å². The number of anilines is 1. The van der Waals surface area contributed by atoms with Crippen LogP contribution in [0, 0.1) is 30.6 Å². The number of aromatic hydroxyl groups is 1. The van der Waals surface area contributed by atoms with Crippen molar-refractivity contribution in [3.8, 4) is 11.5 Å². The molecule has 1 N–H and O–H groups in total. The van der Waals surface area contributed by atoms with Crippen LogP contribution in [0.2, 0.25) is 5.02 Å². The monoisotopic (exact) mass is 683 g/mol. The van der Waals surface area contributed by atoms with Crippen molar-refractivity contribution < 1.29 is 29.0 Å². The molecule has 8 heteroatoms. The zero-order valence-electron chi connectivity index (χ0n) is 27.5. The minimum atomic E-state index is -1.45. The van der Waals surface area contributed by atoms with Crippen LogP contribution in [0.15, 0.2) is 115 Å². The van der Waals surface area contributed by atoms with Crippen molar-refractivity contribution in [1.82, 2.24) is 0 Å². The number of allylic oxidation sites excluding steroid dienone is 4. The number of carbonyl (C=O) groups is 4. The highest BCUT2D eigenvalue weighted by molar-refractivity contribution is 6.33. The Kier molecular flexibility index (Phi) is 7.64. The van der Waals surface area contributed by atoms with E-state index in [2.05, 4.69) is 0 Å². The van der Waals surface area contributed by atoms with Crippen LogP contribution in [0.3, 0.4) is 0 Å². The molecule has 50 heavy (non-hydrogen) atoms. The molecule has 0 aromatic heterocycles. The van der Waals surface area contributed by atoms with Gasteiger partial charge in [0.05, 0.1) is 30.0 Å². The van der Waals surface area contributed by atoms with Gasteiger partial charge in [-0.25, -0.2) is 4.90 Å². The molecule has 4 aromatic carbocycles. The maximum atomic E-state index is 15.1. The van der Waals surface area contributed by atoms with E-state index in [-0.39, 0.29) is 42.0 Å². The lowest BCUT2D eigenvalue weighted by Crippen LogP contribution is -2.58. The lowest BCUT2D eigenvalue weighted by atomic mass is 9.44. The fraction of sp³-hybridized carbons (Fsp3) is 0.238. The van der Waals surface area contributed by atoms with Crippen LogP contribution >= 0.6 is 11.6 Å². The second-order valence-electron chi connectivity index (χ2n) is 13.7. The van der Waals surface area contributed by atoms with Crippen molar-refractivity contribution in [2.24, 2.45) is 23.7 Å². The molecule has 7 nitrogen and oxygen atoms in total. The first-order valence-electron chi connectivity index (χ1n) is 16.8. The van der Waals surface area contributed by atoms with Crippen molar-refractivity contribution >= 4 is 46.2 Å². The molecular weight excluding hydrogens is 650 g/mol. The number of rotatable bonds is 5. The Morgan fingerprint density at radius 3 is 2.28 bits per heavy atom. The quantitative estimate of drug-likeness (QED) is 0.174. The van der Waals surface area contributed by atoms with Gasteiger partial charge in [-0.1, -0.05) is 90.0 Å². The number of ketones is 2. The predicted molar refractivity (Wildman–Crippen MR) is 190 cm³/mol. The molecule has 0 radical (unpaired) electrons. The number of amides is 2. The number of hydrogen-bond donors (Lipinski definition) is 1. The number of nitrogens with zero attached hydrogens (tertiary/aromatic N) is 1. The lowest BCUT2D eigenvalue weighted by Gasteiger charge is -2.55. The molecule has 6 atom stereocenters. The van der Waals surface area contributed by atoms with Gasteiger partial charge in [-0.3, -0.25) is 19.2 Å². The standard InChI is InChI=1S/C42H34ClNO6/c1-23-13-14-26(19-34(23)43)44-40(48)29-17-16-28-31(37(29)41(44)49)21-33-39(47)30(24-9-5-3-6-10-24)22-36(46)42(33,25-11-7-4-8-12-25)38(28)32-20-27(50-2)15-18-35(32)45/h3-16,18-20,22,29,31,33,37-38,45H,17,21H2,1-2H3. The van der Waals surface area contributed by atoms with E-state index >= 15 is 9.59 Å². The maximum absolute atomic E-state index is 15.1. The van der Waals surface area contributed by atoms with Crippen molar-refractivity contribution in [2.75, 3.05) is 12.0 Å². The molecule has 4 aliphatic rings. The summed E-state index contributed by atoms with van der Waals surface area (Å²) in [6, 6.07) is 28.4. The number of carbonyl (C=O) groups excluding carboxylic acids is 4. The Hall–Kier alpha value is -5.27. The van der Waals surface area contributed by atoms with Crippen molar-refractivity contribution in [3.05, 3.63) is 142 Å². The molecule has 1 saturated heterocycles. The SMILES string of the molecule is COc1ccc(O)c(C2C3=CCC4C(=O)N(c5ccc(C)c(Cl)c5)C(=O)C4C3CC3C(=O)C(c4ccccc4)=CC(=O)C32c2ccccc2)c1. The first-order chi connectivity index (χ1) is 24.2. The number of Topliss-reactive ketones (excluding diaryl/α,β-unsaturated/α-hetero) is 1. The fourth-order valence-electron chi connectivity index (χ4n) is 9.08. The van der Waals surface area contributed by atoms with Crippen molar-refractivity contribution in [1.29, 1.82) is 0 Å². The van der Waals surface area contributed by atoms with Crippen LogP contribution in [0.25, 0.3) is 5.57 Å². The molecule has 8 rings (SSSR count). The number of hydrogen-bond acceptors (Lipinski definition) is 6. The van der Waals surface area contributed by atoms with E-state index in [0.29, 0.717) is 38.7 Å². The van der Waals surface area contributed by atoms with Crippen LogP contribution < -0.4 is 9.64 Å². The third-order valence-electron chi connectivity index (χ3n) is 11.3. The topological polar surface area (TPSA) is 101 Å². The molecule has 1 heterocycles. The predicted octanol–water partition coefficient (Wildman–Crippen LogP) is 7.39. The number of halogens is 1. The summed E-state index contributed by atoms with van der Waals surface area (Å²) < 4.78 is 5.61. The highest BCUT2D eigenvalue weighted by Gasteiger charge is 2.66. The molecule has 6 unspecified atom stereocenters. The Balaban J connectivity index is 1.37. The molecule has 2 amide bonds. The van der Waals surface area contributed by atoms with Gasteiger partial charge in [-0.05, 0) is 78.8 Å². The molecule has 4 aromatic rings. The Morgan fingerprint density at radius 2 is 1.58 bits per heavy atom. The summed E-state index contributed by atoms with van der Waals surface area (Å²) in [4.78, 5) is 60.0. The molecule has 2 fully saturated rings. The molecule has 1 saturated carbocycles. The summed E-state index contributed by atoms with van der Waals surface area (Å²) in [7, 11) is 1.53.